The summed E-state index contributed by atoms with van der Waals surface area (Å²) in [5.74, 6) is 0.511. The van der Waals surface area contributed by atoms with E-state index in [1.165, 1.54) is 12.8 Å². The Morgan fingerprint density at radius 3 is 2.78 bits per heavy atom. The van der Waals surface area contributed by atoms with Crippen molar-refractivity contribution in [3.05, 3.63) is 23.3 Å². The lowest BCUT2D eigenvalue weighted by atomic mass is 9.84. The molecule has 2 bridgehead atoms. The number of nitrogen functional groups attached to an aromatic ring is 1. The zero-order valence-electron chi connectivity index (χ0n) is 13.0. The molecule has 0 spiro atoms. The number of carbonyl (C=O) groups excluding carboxylic acids is 1. The number of halogens is 1. The van der Waals surface area contributed by atoms with Crippen molar-refractivity contribution in [2.45, 2.75) is 25.8 Å². The van der Waals surface area contributed by atoms with Gasteiger partial charge in [-0.3, -0.25) is 4.79 Å². The van der Waals surface area contributed by atoms with Crippen molar-refractivity contribution in [1.29, 1.82) is 0 Å². The Bertz CT molecular complexity index is 737. The standard InChI is InChI=1S/C16H20N4O2.ClH/c1-9-6-11(14-13(7-9)22-16(17)19-14)15(21)18-12-8-20-4-2-10(12)3-5-20;/h6-7,10,12H,2-5,8H2,1H3,(H2,17,19)(H,18,21);1H/t12-;/m1./s1. The van der Waals surface area contributed by atoms with E-state index in [1.807, 2.05) is 19.1 Å². The van der Waals surface area contributed by atoms with Gasteiger partial charge in [-0.05, 0) is 56.5 Å². The number of benzene rings is 1. The number of aromatic nitrogens is 1. The first kappa shape index (κ1) is 16.1. The van der Waals surface area contributed by atoms with Crippen LogP contribution in [-0.4, -0.2) is 41.5 Å². The lowest BCUT2D eigenvalue weighted by Crippen LogP contribution is -2.57. The molecule has 2 aromatic rings. The van der Waals surface area contributed by atoms with Crippen LogP contribution in [0.5, 0.6) is 0 Å². The number of hydrogen-bond acceptors (Lipinski definition) is 5. The summed E-state index contributed by atoms with van der Waals surface area (Å²) in [5.41, 5.74) is 8.25. The molecule has 3 aliphatic rings. The molecule has 1 amide bonds. The normalized spacial score (nSPS) is 26.0. The second-order valence-electron chi connectivity index (χ2n) is 6.43. The number of nitrogens with one attached hydrogen (secondary N) is 1. The van der Waals surface area contributed by atoms with Crippen LogP contribution in [0.15, 0.2) is 16.5 Å². The van der Waals surface area contributed by atoms with Gasteiger partial charge in [0.15, 0.2) is 5.58 Å². The lowest BCUT2D eigenvalue weighted by molar-refractivity contribution is 0.0621. The number of fused-ring (bicyclic) bond motifs is 4. The van der Waals surface area contributed by atoms with Crippen LogP contribution >= 0.6 is 12.4 Å². The summed E-state index contributed by atoms with van der Waals surface area (Å²) in [7, 11) is 0. The smallest absolute Gasteiger partial charge is 0.293 e. The van der Waals surface area contributed by atoms with Gasteiger partial charge in [-0.2, -0.15) is 4.98 Å². The Kier molecular flexibility index (Phi) is 4.21. The van der Waals surface area contributed by atoms with E-state index in [1.54, 1.807) is 0 Å². The summed E-state index contributed by atoms with van der Waals surface area (Å²) < 4.78 is 5.36. The largest absolute Gasteiger partial charge is 0.424 e. The minimum Gasteiger partial charge on any atom is -0.424 e. The van der Waals surface area contributed by atoms with Gasteiger partial charge in [-0.25, -0.2) is 0 Å². The molecule has 6 nitrogen and oxygen atoms in total. The van der Waals surface area contributed by atoms with Gasteiger partial charge in [0.05, 0.1) is 5.56 Å². The fraction of sp³-hybridized carbons (Fsp3) is 0.500. The van der Waals surface area contributed by atoms with Crippen LogP contribution < -0.4 is 11.1 Å². The average Bonchev–Trinajstić information content (AvgIpc) is 2.87. The second kappa shape index (κ2) is 6.02. The van der Waals surface area contributed by atoms with E-state index >= 15 is 0 Å². The van der Waals surface area contributed by atoms with Crippen molar-refractivity contribution in [2.75, 3.05) is 25.4 Å². The van der Waals surface area contributed by atoms with E-state index in [2.05, 4.69) is 15.2 Å². The molecule has 3 fully saturated rings. The molecule has 0 aliphatic carbocycles. The van der Waals surface area contributed by atoms with Crippen LogP contribution in [0, 0.1) is 12.8 Å². The molecule has 124 valence electrons. The monoisotopic (exact) mass is 336 g/mol. The molecule has 3 aliphatic heterocycles. The SMILES string of the molecule is Cc1cc(C(=O)N[C@@H]2CN3CCC2CC3)c2nc(N)oc2c1.Cl. The van der Waals surface area contributed by atoms with Crippen LogP contribution in [0.1, 0.15) is 28.8 Å². The molecule has 4 heterocycles. The number of hydrogen-bond donors (Lipinski definition) is 2. The van der Waals surface area contributed by atoms with Gasteiger partial charge in [0.25, 0.3) is 11.9 Å². The number of nitrogens with zero attached hydrogens (tertiary/aromatic N) is 2. The molecule has 7 heteroatoms. The van der Waals surface area contributed by atoms with Gasteiger partial charge in [0.2, 0.25) is 0 Å². The van der Waals surface area contributed by atoms with E-state index in [9.17, 15) is 4.79 Å². The minimum absolute atomic E-state index is 0. The molecule has 0 radical (unpaired) electrons. The molecule has 5 rings (SSSR count). The average molecular weight is 337 g/mol. The third-order valence-corrected chi connectivity index (χ3v) is 4.87. The Labute approximate surface area is 140 Å². The molecule has 1 aromatic heterocycles. The first-order valence-electron chi connectivity index (χ1n) is 7.80. The van der Waals surface area contributed by atoms with Crippen molar-refractivity contribution >= 4 is 35.4 Å². The summed E-state index contributed by atoms with van der Waals surface area (Å²) >= 11 is 0. The number of rotatable bonds is 2. The molecule has 0 saturated carbocycles. The predicted octanol–water partition coefficient (Wildman–Crippen LogP) is 1.96. The predicted molar refractivity (Wildman–Crippen MR) is 90.8 cm³/mol. The van der Waals surface area contributed by atoms with Crippen molar-refractivity contribution in [3.8, 4) is 0 Å². The van der Waals surface area contributed by atoms with Gasteiger partial charge in [0.1, 0.15) is 5.52 Å². The molecule has 23 heavy (non-hydrogen) atoms. The van der Waals surface area contributed by atoms with E-state index in [-0.39, 0.29) is 30.4 Å². The fourth-order valence-electron chi connectivity index (χ4n) is 3.73. The van der Waals surface area contributed by atoms with E-state index in [0.29, 0.717) is 22.6 Å². The Balaban J connectivity index is 0.00000156. The first-order chi connectivity index (χ1) is 10.6. The Morgan fingerprint density at radius 2 is 2.13 bits per heavy atom. The number of carbonyl (C=O) groups is 1. The maximum absolute atomic E-state index is 12.7. The molecule has 0 unspecified atom stereocenters. The van der Waals surface area contributed by atoms with E-state index in [4.69, 9.17) is 10.2 Å². The zero-order valence-corrected chi connectivity index (χ0v) is 13.9. The van der Waals surface area contributed by atoms with Gasteiger partial charge >= 0.3 is 0 Å². The number of anilines is 1. The van der Waals surface area contributed by atoms with Gasteiger partial charge in [-0.1, -0.05) is 0 Å². The van der Waals surface area contributed by atoms with Crippen molar-refractivity contribution in [2.24, 2.45) is 5.92 Å². The number of amides is 1. The lowest BCUT2D eigenvalue weighted by Gasteiger charge is -2.44. The zero-order chi connectivity index (χ0) is 15.3. The summed E-state index contributed by atoms with van der Waals surface area (Å²) in [5, 5.41) is 3.19. The highest BCUT2D eigenvalue weighted by Crippen LogP contribution is 2.28. The van der Waals surface area contributed by atoms with Crippen LogP contribution in [0.4, 0.5) is 6.01 Å². The Morgan fingerprint density at radius 1 is 1.39 bits per heavy atom. The van der Waals surface area contributed by atoms with Crippen LogP contribution in [0.25, 0.3) is 11.1 Å². The maximum atomic E-state index is 12.7. The topological polar surface area (TPSA) is 84.4 Å². The molecule has 3 N–H and O–H groups in total. The first-order valence-corrected chi connectivity index (χ1v) is 7.80. The van der Waals surface area contributed by atoms with Crippen LogP contribution in [-0.2, 0) is 0 Å². The molecule has 1 aromatic carbocycles. The van der Waals surface area contributed by atoms with Crippen LogP contribution in [0.3, 0.4) is 0 Å². The summed E-state index contributed by atoms with van der Waals surface area (Å²) in [6.45, 7) is 5.20. The summed E-state index contributed by atoms with van der Waals surface area (Å²) in [6, 6.07) is 4.03. The highest BCUT2D eigenvalue weighted by Gasteiger charge is 2.35. The highest BCUT2D eigenvalue weighted by atomic mass is 35.5. The molecule has 1 atom stereocenters. The third-order valence-electron chi connectivity index (χ3n) is 4.87. The van der Waals surface area contributed by atoms with Crippen molar-refractivity contribution in [1.82, 2.24) is 15.2 Å². The van der Waals surface area contributed by atoms with Gasteiger partial charge < -0.3 is 20.4 Å². The second-order valence-corrected chi connectivity index (χ2v) is 6.43. The maximum Gasteiger partial charge on any atom is 0.293 e. The molecular weight excluding hydrogens is 316 g/mol. The van der Waals surface area contributed by atoms with Gasteiger partial charge in [0, 0.05) is 12.6 Å². The van der Waals surface area contributed by atoms with Crippen molar-refractivity contribution in [3.63, 3.8) is 0 Å². The van der Waals surface area contributed by atoms with Crippen LogP contribution in [0.2, 0.25) is 0 Å². The minimum atomic E-state index is -0.0826. The molecule has 3 saturated heterocycles. The number of oxazole rings is 1. The summed E-state index contributed by atoms with van der Waals surface area (Å²) in [4.78, 5) is 19.3. The number of aryl methyl sites for hydroxylation is 1. The van der Waals surface area contributed by atoms with E-state index < -0.39 is 0 Å². The third kappa shape index (κ3) is 2.88. The van der Waals surface area contributed by atoms with Crippen molar-refractivity contribution < 1.29 is 9.21 Å². The number of piperidine rings is 3. The van der Waals surface area contributed by atoms with Gasteiger partial charge in [-0.15, -0.1) is 12.4 Å². The summed E-state index contributed by atoms with van der Waals surface area (Å²) in [6.07, 6.45) is 2.34. The van der Waals surface area contributed by atoms with E-state index in [0.717, 1.165) is 25.2 Å². The number of nitrogens with two attached hydrogens (primary N) is 1. The quantitative estimate of drug-likeness (QED) is 0.875. The Hall–Kier alpha value is -1.79. The molecular formula is C16H21ClN4O2. The highest BCUT2D eigenvalue weighted by molar-refractivity contribution is 6.05. The fourth-order valence-corrected chi connectivity index (χ4v) is 3.73.